The topological polar surface area (TPSA) is 90.1 Å². The van der Waals surface area contributed by atoms with E-state index >= 15 is 0 Å². The van der Waals surface area contributed by atoms with Crippen molar-refractivity contribution in [3.8, 4) is 17.2 Å². The van der Waals surface area contributed by atoms with Gasteiger partial charge in [-0.1, -0.05) is 5.16 Å². The molecular formula is C17H13F3N4O3. The molecule has 3 heterocycles. The Hall–Kier alpha value is -3.43. The van der Waals surface area contributed by atoms with Crippen LogP contribution in [0.5, 0.6) is 5.88 Å². The van der Waals surface area contributed by atoms with Crippen LogP contribution in [0, 0.1) is 0 Å². The third-order valence-electron chi connectivity index (χ3n) is 3.32. The summed E-state index contributed by atoms with van der Waals surface area (Å²) < 4.78 is 46.2. The quantitative estimate of drug-likeness (QED) is 0.709. The monoisotopic (exact) mass is 378 g/mol. The lowest BCUT2D eigenvalue weighted by molar-refractivity contribution is -0.154. The van der Waals surface area contributed by atoms with Crippen LogP contribution >= 0.6 is 0 Å². The minimum Gasteiger partial charge on any atom is -0.468 e. The molecule has 1 amide bonds. The summed E-state index contributed by atoms with van der Waals surface area (Å²) in [4.78, 5) is 19.8. The maximum atomic E-state index is 12.2. The molecule has 0 aliphatic heterocycles. The Morgan fingerprint density at radius 1 is 1.22 bits per heavy atom. The second-order valence-corrected chi connectivity index (χ2v) is 5.41. The first kappa shape index (κ1) is 18.4. The zero-order valence-electron chi connectivity index (χ0n) is 13.7. The summed E-state index contributed by atoms with van der Waals surface area (Å²) in [5.74, 6) is -0.289. The van der Waals surface area contributed by atoms with Crippen LogP contribution < -0.4 is 10.1 Å². The predicted molar refractivity (Wildman–Crippen MR) is 86.7 cm³/mol. The highest BCUT2D eigenvalue weighted by molar-refractivity contribution is 5.93. The number of aromatic nitrogens is 3. The summed E-state index contributed by atoms with van der Waals surface area (Å²) >= 11 is 0. The van der Waals surface area contributed by atoms with Gasteiger partial charge in [0.25, 0.3) is 5.91 Å². The van der Waals surface area contributed by atoms with E-state index in [1.807, 2.05) is 0 Å². The van der Waals surface area contributed by atoms with Gasteiger partial charge < -0.3 is 14.6 Å². The zero-order chi connectivity index (χ0) is 19.3. The highest BCUT2D eigenvalue weighted by atomic mass is 19.4. The molecule has 0 aromatic carbocycles. The Labute approximate surface area is 151 Å². The normalized spacial score (nSPS) is 11.2. The Kier molecular flexibility index (Phi) is 5.34. The van der Waals surface area contributed by atoms with Crippen molar-refractivity contribution in [2.75, 3.05) is 6.61 Å². The molecule has 0 aliphatic carbocycles. The van der Waals surface area contributed by atoms with Crippen molar-refractivity contribution >= 4 is 5.91 Å². The number of pyridine rings is 2. The number of carbonyl (C=O) groups is 1. The molecule has 10 heteroatoms. The summed E-state index contributed by atoms with van der Waals surface area (Å²) in [6.07, 6.45) is 0.0190. The summed E-state index contributed by atoms with van der Waals surface area (Å²) in [6, 6.07) is 7.81. The number of alkyl halides is 3. The number of halogens is 3. The Balaban J connectivity index is 1.59. The van der Waals surface area contributed by atoms with Crippen molar-refractivity contribution in [2.45, 2.75) is 12.7 Å². The van der Waals surface area contributed by atoms with Gasteiger partial charge in [0.05, 0.1) is 0 Å². The molecule has 3 aromatic heterocycles. The highest BCUT2D eigenvalue weighted by Crippen LogP contribution is 2.19. The lowest BCUT2D eigenvalue weighted by atomic mass is 10.2. The molecule has 0 saturated heterocycles. The first-order chi connectivity index (χ1) is 12.9. The van der Waals surface area contributed by atoms with Crippen LogP contribution in [-0.4, -0.2) is 33.8 Å². The van der Waals surface area contributed by atoms with E-state index in [9.17, 15) is 18.0 Å². The number of rotatable bonds is 6. The molecule has 140 valence electrons. The van der Waals surface area contributed by atoms with Gasteiger partial charge in [0.2, 0.25) is 5.88 Å². The standard InChI is InChI=1S/C17H13F3N4O3/c18-17(19,20)10-26-15-6-11(3-5-22-15)8-23-16(25)13-7-14(27-24-13)12-2-1-4-21-9-12/h1-7,9H,8,10H2,(H,23,25). The fourth-order valence-electron chi connectivity index (χ4n) is 2.09. The first-order valence-electron chi connectivity index (χ1n) is 7.70. The number of nitrogens with zero attached hydrogens (tertiary/aromatic N) is 3. The lowest BCUT2D eigenvalue weighted by Crippen LogP contribution is -2.23. The van der Waals surface area contributed by atoms with Crippen molar-refractivity contribution in [2.24, 2.45) is 0 Å². The molecule has 0 radical (unpaired) electrons. The average Bonchev–Trinajstić information content (AvgIpc) is 3.15. The third kappa shape index (κ3) is 5.27. The molecule has 0 bridgehead atoms. The molecule has 0 aliphatic rings. The largest absolute Gasteiger partial charge is 0.468 e. The molecule has 0 fully saturated rings. The average molecular weight is 378 g/mol. The van der Waals surface area contributed by atoms with E-state index in [-0.39, 0.29) is 18.1 Å². The van der Waals surface area contributed by atoms with Crippen molar-refractivity contribution in [3.05, 3.63) is 60.2 Å². The van der Waals surface area contributed by atoms with E-state index in [1.165, 1.54) is 18.3 Å². The number of nitrogens with one attached hydrogen (secondary N) is 1. The molecule has 0 spiro atoms. The smallest absolute Gasteiger partial charge is 0.422 e. The van der Waals surface area contributed by atoms with Crippen LogP contribution in [0.4, 0.5) is 13.2 Å². The first-order valence-corrected chi connectivity index (χ1v) is 7.70. The van der Waals surface area contributed by atoms with Crippen LogP contribution in [-0.2, 0) is 6.54 Å². The fraction of sp³-hybridized carbons (Fsp3) is 0.176. The predicted octanol–water partition coefficient (Wildman–Crippen LogP) is 3.00. The van der Waals surface area contributed by atoms with E-state index in [4.69, 9.17) is 4.52 Å². The number of hydrogen-bond acceptors (Lipinski definition) is 6. The summed E-state index contributed by atoms with van der Waals surface area (Å²) in [5, 5.41) is 6.30. The van der Waals surface area contributed by atoms with Gasteiger partial charge in [-0.05, 0) is 23.8 Å². The molecule has 3 rings (SSSR count). The molecule has 7 nitrogen and oxygen atoms in total. The van der Waals surface area contributed by atoms with Gasteiger partial charge in [0.1, 0.15) is 0 Å². The number of carbonyl (C=O) groups excluding carboxylic acids is 1. The molecule has 0 unspecified atom stereocenters. The van der Waals surface area contributed by atoms with Crippen LogP contribution in [0.15, 0.2) is 53.4 Å². The fourth-order valence-corrected chi connectivity index (χ4v) is 2.09. The Morgan fingerprint density at radius 2 is 2.07 bits per heavy atom. The van der Waals surface area contributed by atoms with E-state index in [0.717, 1.165) is 0 Å². The van der Waals surface area contributed by atoms with Gasteiger partial charge in [-0.15, -0.1) is 0 Å². The Morgan fingerprint density at radius 3 is 2.81 bits per heavy atom. The lowest BCUT2D eigenvalue weighted by Gasteiger charge is -2.09. The molecule has 0 saturated carbocycles. The molecular weight excluding hydrogens is 365 g/mol. The maximum Gasteiger partial charge on any atom is 0.422 e. The van der Waals surface area contributed by atoms with Crippen LogP contribution in [0.2, 0.25) is 0 Å². The number of amides is 1. The molecule has 1 N–H and O–H groups in total. The van der Waals surface area contributed by atoms with Crippen molar-refractivity contribution < 1.29 is 27.2 Å². The maximum absolute atomic E-state index is 12.2. The van der Waals surface area contributed by atoms with E-state index < -0.39 is 18.7 Å². The molecule has 3 aromatic rings. The van der Waals surface area contributed by atoms with Crippen LogP contribution in [0.1, 0.15) is 16.1 Å². The van der Waals surface area contributed by atoms with Crippen LogP contribution in [0.3, 0.4) is 0 Å². The van der Waals surface area contributed by atoms with Gasteiger partial charge >= 0.3 is 6.18 Å². The van der Waals surface area contributed by atoms with E-state index in [0.29, 0.717) is 16.9 Å². The summed E-state index contributed by atoms with van der Waals surface area (Å²) in [6.45, 7) is -1.38. The minimum absolute atomic E-state index is 0.0544. The minimum atomic E-state index is -4.45. The SMILES string of the molecule is O=C(NCc1ccnc(OCC(F)(F)F)c1)c1cc(-c2cccnc2)on1. The second kappa shape index (κ2) is 7.85. The highest BCUT2D eigenvalue weighted by Gasteiger charge is 2.28. The number of ether oxygens (including phenoxy) is 1. The van der Waals surface area contributed by atoms with Crippen molar-refractivity contribution in [3.63, 3.8) is 0 Å². The second-order valence-electron chi connectivity index (χ2n) is 5.41. The van der Waals surface area contributed by atoms with Crippen molar-refractivity contribution in [1.29, 1.82) is 0 Å². The van der Waals surface area contributed by atoms with Gasteiger partial charge in [-0.2, -0.15) is 13.2 Å². The third-order valence-corrected chi connectivity index (χ3v) is 3.32. The van der Waals surface area contributed by atoms with E-state index in [1.54, 1.807) is 30.6 Å². The Bertz CT molecular complexity index is 913. The van der Waals surface area contributed by atoms with Crippen LogP contribution in [0.25, 0.3) is 11.3 Å². The van der Waals surface area contributed by atoms with Crippen molar-refractivity contribution in [1.82, 2.24) is 20.4 Å². The summed E-state index contributed by atoms with van der Waals surface area (Å²) in [5.41, 5.74) is 1.26. The molecule has 0 atom stereocenters. The molecule has 27 heavy (non-hydrogen) atoms. The zero-order valence-corrected chi connectivity index (χ0v) is 13.7. The van der Waals surface area contributed by atoms with Gasteiger partial charge in [0.15, 0.2) is 18.1 Å². The number of hydrogen-bond donors (Lipinski definition) is 1. The van der Waals surface area contributed by atoms with Gasteiger partial charge in [-0.3, -0.25) is 9.78 Å². The summed E-state index contributed by atoms with van der Waals surface area (Å²) in [7, 11) is 0. The van der Waals surface area contributed by atoms with Gasteiger partial charge in [-0.25, -0.2) is 4.98 Å². The van der Waals surface area contributed by atoms with E-state index in [2.05, 4.69) is 25.2 Å². The van der Waals surface area contributed by atoms with Gasteiger partial charge in [0, 0.05) is 42.8 Å².